The lowest BCUT2D eigenvalue weighted by atomic mass is 9.82. The number of nitrogens with zero attached hydrogens (tertiary/aromatic N) is 2. The molecule has 3 N–H and O–H groups in total. The molecule has 3 heterocycles. The van der Waals surface area contributed by atoms with Gasteiger partial charge >= 0.3 is 6.18 Å². The molecule has 2 amide bonds. The molecule has 11 heteroatoms. The minimum atomic E-state index is -4.78. The first-order chi connectivity index (χ1) is 21.3. The molecule has 3 aliphatic rings. The van der Waals surface area contributed by atoms with E-state index in [0.29, 0.717) is 17.4 Å². The molecular formula is C34H35F3N4O4. The third-order valence-corrected chi connectivity index (χ3v) is 9.20. The van der Waals surface area contributed by atoms with Crippen LogP contribution in [0.3, 0.4) is 0 Å². The van der Waals surface area contributed by atoms with E-state index >= 15 is 0 Å². The van der Waals surface area contributed by atoms with E-state index in [4.69, 9.17) is 15.2 Å². The van der Waals surface area contributed by atoms with Gasteiger partial charge in [-0.1, -0.05) is 24.3 Å². The van der Waals surface area contributed by atoms with Crippen molar-refractivity contribution >= 4 is 24.1 Å². The van der Waals surface area contributed by atoms with Gasteiger partial charge in [-0.15, -0.1) is 0 Å². The Hall–Kier alpha value is -4.54. The number of fused-ring (bicyclic) bond motifs is 2. The van der Waals surface area contributed by atoms with Gasteiger partial charge < -0.3 is 25.4 Å². The molecule has 45 heavy (non-hydrogen) atoms. The highest BCUT2D eigenvalue weighted by Crippen LogP contribution is 2.47. The number of benzene rings is 2. The zero-order chi connectivity index (χ0) is 32.3. The third-order valence-electron chi connectivity index (χ3n) is 9.20. The number of aromatic nitrogens is 1. The van der Waals surface area contributed by atoms with Crippen molar-refractivity contribution < 1.29 is 32.2 Å². The number of hydrogen-bond donors (Lipinski definition) is 2. The van der Waals surface area contributed by atoms with E-state index < -0.39 is 35.9 Å². The van der Waals surface area contributed by atoms with Crippen molar-refractivity contribution in [2.24, 2.45) is 5.73 Å². The molecule has 0 saturated heterocycles. The monoisotopic (exact) mass is 620 g/mol. The predicted octanol–water partition coefficient (Wildman–Crippen LogP) is 3.58. The second kappa shape index (κ2) is 11.1. The van der Waals surface area contributed by atoms with E-state index in [2.05, 4.69) is 15.2 Å². The summed E-state index contributed by atoms with van der Waals surface area (Å²) in [5.74, 6) is -2.88. The SMILES string of the molecule is COc1cc(C(=O)NC[C@H](c2cc3c(c(-c4cccc(C)c4C)n2)OC[C@]3(C)C(N)=O)C(F)(F)F)cc2c1=CCN(C1CC1)C=2. The maximum atomic E-state index is 14.8. The number of hydrogen-bond acceptors (Lipinski definition) is 6. The van der Waals surface area contributed by atoms with Gasteiger partial charge in [-0.3, -0.25) is 9.59 Å². The normalized spacial score (nSPS) is 19.4. The number of primary amides is 1. The zero-order valence-corrected chi connectivity index (χ0v) is 25.5. The molecule has 0 radical (unpaired) electrons. The van der Waals surface area contributed by atoms with Crippen LogP contribution in [0.5, 0.6) is 11.5 Å². The fraction of sp³-hybridized carbons (Fsp3) is 0.382. The Bertz CT molecular complexity index is 1840. The van der Waals surface area contributed by atoms with E-state index in [0.717, 1.165) is 41.0 Å². The van der Waals surface area contributed by atoms with Gasteiger partial charge in [0.1, 0.15) is 35.1 Å². The largest absolute Gasteiger partial charge is 0.496 e. The van der Waals surface area contributed by atoms with Crippen molar-refractivity contribution in [2.45, 2.75) is 57.2 Å². The Balaban J connectivity index is 1.38. The fourth-order valence-corrected chi connectivity index (χ4v) is 6.02. The molecule has 3 aromatic rings. The van der Waals surface area contributed by atoms with Gasteiger partial charge in [-0.05, 0) is 62.9 Å². The van der Waals surface area contributed by atoms with Crippen LogP contribution < -0.4 is 31.0 Å². The number of rotatable bonds is 8. The van der Waals surface area contributed by atoms with Crippen molar-refractivity contribution in [2.75, 3.05) is 26.8 Å². The first-order valence-electron chi connectivity index (χ1n) is 14.9. The lowest BCUT2D eigenvalue weighted by molar-refractivity contribution is -0.149. The Labute approximate surface area is 258 Å². The number of aryl methyl sites for hydroxylation is 1. The van der Waals surface area contributed by atoms with Gasteiger partial charge in [0.2, 0.25) is 5.91 Å². The number of halogens is 3. The first kappa shape index (κ1) is 30.5. The number of nitrogens with one attached hydrogen (secondary N) is 1. The second-order valence-electron chi connectivity index (χ2n) is 12.3. The molecule has 2 atom stereocenters. The number of pyridine rings is 1. The van der Waals surface area contributed by atoms with Crippen LogP contribution in [0, 0.1) is 13.8 Å². The molecular weight excluding hydrogens is 585 g/mol. The van der Waals surface area contributed by atoms with Gasteiger partial charge in [0.25, 0.3) is 5.91 Å². The first-order valence-corrected chi connectivity index (χ1v) is 14.9. The van der Waals surface area contributed by atoms with Gasteiger partial charge in [-0.25, -0.2) is 4.98 Å². The summed E-state index contributed by atoms with van der Waals surface area (Å²) in [6, 6.07) is 10.3. The summed E-state index contributed by atoms with van der Waals surface area (Å²) in [5.41, 5.74) is 6.95. The van der Waals surface area contributed by atoms with Crippen LogP contribution in [-0.4, -0.2) is 60.7 Å². The van der Waals surface area contributed by atoms with Crippen molar-refractivity contribution in [3.05, 3.63) is 74.8 Å². The minimum Gasteiger partial charge on any atom is -0.496 e. The zero-order valence-electron chi connectivity index (χ0n) is 25.5. The van der Waals surface area contributed by atoms with Crippen LogP contribution in [0.25, 0.3) is 23.5 Å². The number of alkyl halides is 3. The summed E-state index contributed by atoms with van der Waals surface area (Å²) in [6.07, 6.45) is 1.43. The smallest absolute Gasteiger partial charge is 0.398 e. The Morgan fingerprint density at radius 3 is 2.64 bits per heavy atom. The van der Waals surface area contributed by atoms with Crippen LogP contribution in [0.4, 0.5) is 13.2 Å². The van der Waals surface area contributed by atoms with E-state index in [1.165, 1.54) is 19.2 Å². The van der Waals surface area contributed by atoms with Crippen LogP contribution in [0.2, 0.25) is 0 Å². The number of amides is 2. The Morgan fingerprint density at radius 2 is 1.98 bits per heavy atom. The standard InChI is InChI=1S/C34H35F3N4O4/c1-18-6-5-7-23(19(18)2)29-30-25(33(3,17-45-30)32(38)43)14-27(40-29)26(34(35,36)37)15-39-31(42)20-12-21-16-41(22-8-9-22)11-10-24(21)28(13-20)44-4/h5-7,10,12-14,16,22,26H,8-9,11,15,17H2,1-4H3,(H2,38,43)(H,39,42)/t26-,33+/m1/s1. The number of ether oxygens (including phenoxy) is 2. The van der Waals surface area contributed by atoms with Gasteiger partial charge in [0.05, 0.1) is 12.8 Å². The highest BCUT2D eigenvalue weighted by atomic mass is 19.4. The number of methoxy groups -OCH3 is 1. The summed E-state index contributed by atoms with van der Waals surface area (Å²) in [4.78, 5) is 32.6. The third kappa shape index (κ3) is 5.49. The topological polar surface area (TPSA) is 107 Å². The summed E-state index contributed by atoms with van der Waals surface area (Å²) < 4.78 is 55.7. The molecule has 2 aliphatic heterocycles. The van der Waals surface area contributed by atoms with Crippen molar-refractivity contribution in [1.82, 2.24) is 15.2 Å². The van der Waals surface area contributed by atoms with Crippen molar-refractivity contribution in [1.29, 1.82) is 0 Å². The molecule has 0 bridgehead atoms. The summed E-state index contributed by atoms with van der Waals surface area (Å²) in [7, 11) is 1.49. The summed E-state index contributed by atoms with van der Waals surface area (Å²) >= 11 is 0. The van der Waals surface area contributed by atoms with E-state index in [1.54, 1.807) is 25.1 Å². The minimum absolute atomic E-state index is 0.124. The Morgan fingerprint density at radius 1 is 1.22 bits per heavy atom. The summed E-state index contributed by atoms with van der Waals surface area (Å²) in [5, 5.41) is 4.10. The highest BCUT2D eigenvalue weighted by molar-refractivity contribution is 5.95. The second-order valence-corrected chi connectivity index (χ2v) is 12.3. The molecule has 0 unspecified atom stereocenters. The van der Waals surface area contributed by atoms with E-state index in [1.807, 2.05) is 32.2 Å². The molecule has 2 aromatic carbocycles. The molecule has 1 saturated carbocycles. The maximum absolute atomic E-state index is 14.8. The van der Waals surface area contributed by atoms with Crippen LogP contribution in [0.15, 0.2) is 36.4 Å². The highest BCUT2D eigenvalue weighted by Gasteiger charge is 2.47. The fourth-order valence-electron chi connectivity index (χ4n) is 6.02. The average molecular weight is 621 g/mol. The van der Waals surface area contributed by atoms with Gasteiger partial charge in [0, 0.05) is 52.5 Å². The predicted molar refractivity (Wildman–Crippen MR) is 163 cm³/mol. The molecule has 0 spiro atoms. The molecule has 1 fully saturated rings. The van der Waals surface area contributed by atoms with Crippen molar-refractivity contribution in [3.63, 3.8) is 0 Å². The molecule has 6 rings (SSSR count). The van der Waals surface area contributed by atoms with Gasteiger partial charge in [0.15, 0.2) is 0 Å². The quantitative estimate of drug-likeness (QED) is 0.399. The average Bonchev–Trinajstić information content (AvgIpc) is 3.80. The number of carbonyl (C=O) groups excluding carboxylic acids is 2. The lowest BCUT2D eigenvalue weighted by Gasteiger charge is -2.24. The van der Waals surface area contributed by atoms with Crippen molar-refractivity contribution in [3.8, 4) is 22.8 Å². The van der Waals surface area contributed by atoms with Crippen LogP contribution in [0.1, 0.15) is 58.4 Å². The van der Waals surface area contributed by atoms with Crippen LogP contribution >= 0.6 is 0 Å². The maximum Gasteiger partial charge on any atom is 0.398 e. The molecule has 1 aromatic heterocycles. The van der Waals surface area contributed by atoms with Gasteiger partial charge in [-0.2, -0.15) is 13.2 Å². The number of carbonyl (C=O) groups is 2. The van der Waals surface area contributed by atoms with E-state index in [-0.39, 0.29) is 34.9 Å². The Kier molecular flexibility index (Phi) is 7.53. The lowest BCUT2D eigenvalue weighted by Crippen LogP contribution is -2.40. The summed E-state index contributed by atoms with van der Waals surface area (Å²) in [6.45, 7) is 5.11. The molecule has 1 aliphatic carbocycles. The molecule has 236 valence electrons. The molecule has 8 nitrogen and oxygen atoms in total. The van der Waals surface area contributed by atoms with E-state index in [9.17, 15) is 22.8 Å². The van der Waals surface area contributed by atoms with Crippen LogP contribution in [-0.2, 0) is 10.2 Å². The number of nitrogens with two attached hydrogens (primary N) is 1.